The van der Waals surface area contributed by atoms with E-state index in [1.54, 1.807) is 24.3 Å². The first-order valence-corrected chi connectivity index (χ1v) is 8.71. The minimum absolute atomic E-state index is 0.156. The highest BCUT2D eigenvalue weighted by Gasteiger charge is 2.27. The quantitative estimate of drug-likeness (QED) is 0.656. The van der Waals surface area contributed by atoms with Crippen LogP contribution in [-0.2, 0) is 22.6 Å². The molecule has 2 aromatic rings. The second-order valence-corrected chi connectivity index (χ2v) is 6.84. The molecule has 0 saturated carbocycles. The van der Waals surface area contributed by atoms with Crippen LogP contribution < -0.4 is 5.32 Å². The number of carbonyl (C=O) groups excluding carboxylic acids is 2. The van der Waals surface area contributed by atoms with Gasteiger partial charge in [0.05, 0.1) is 18.8 Å². The summed E-state index contributed by atoms with van der Waals surface area (Å²) in [6, 6.07) is 6.78. The number of benzene rings is 1. The maximum atomic E-state index is 12.9. The van der Waals surface area contributed by atoms with Crippen molar-refractivity contribution >= 4 is 51.2 Å². The monoisotopic (exact) mass is 369 g/mol. The fourth-order valence-electron chi connectivity index (χ4n) is 2.49. The van der Waals surface area contributed by atoms with E-state index >= 15 is 0 Å². The van der Waals surface area contributed by atoms with E-state index < -0.39 is 0 Å². The van der Waals surface area contributed by atoms with E-state index in [1.807, 2.05) is 0 Å². The van der Waals surface area contributed by atoms with E-state index in [4.69, 9.17) is 27.9 Å². The Bertz CT molecular complexity index is 773. The van der Waals surface area contributed by atoms with Gasteiger partial charge in [-0.1, -0.05) is 23.7 Å². The molecular weight excluding hydrogens is 357 g/mol. The number of fused-ring (bicyclic) bond motifs is 1. The molecule has 1 aliphatic heterocycles. The Morgan fingerprint density at radius 1 is 1.35 bits per heavy atom. The van der Waals surface area contributed by atoms with Gasteiger partial charge < -0.3 is 10.1 Å². The van der Waals surface area contributed by atoms with Crippen LogP contribution >= 0.6 is 34.5 Å². The number of carbonyl (C=O) groups is 2. The predicted octanol–water partition coefficient (Wildman–Crippen LogP) is 3.88. The number of anilines is 1. The SMILES string of the molecule is O=C(CCl)Nc1sc2c(c1C(=O)c1cccc(Cl)c1)CCOC2. The molecule has 7 heteroatoms. The first-order valence-electron chi connectivity index (χ1n) is 6.98. The summed E-state index contributed by atoms with van der Waals surface area (Å²) in [7, 11) is 0. The Balaban J connectivity index is 2.06. The zero-order chi connectivity index (χ0) is 16.4. The number of amides is 1. The lowest BCUT2D eigenvalue weighted by atomic mass is 9.97. The summed E-state index contributed by atoms with van der Waals surface area (Å²) in [4.78, 5) is 25.6. The van der Waals surface area contributed by atoms with E-state index in [1.165, 1.54) is 11.3 Å². The molecule has 0 bridgehead atoms. The largest absolute Gasteiger partial charge is 0.376 e. The second kappa shape index (κ2) is 7.01. The van der Waals surface area contributed by atoms with Crippen molar-refractivity contribution in [1.29, 1.82) is 0 Å². The Kier molecular flexibility index (Phi) is 5.02. The van der Waals surface area contributed by atoms with Gasteiger partial charge in [0, 0.05) is 15.5 Å². The van der Waals surface area contributed by atoms with Crippen molar-refractivity contribution in [2.24, 2.45) is 0 Å². The summed E-state index contributed by atoms with van der Waals surface area (Å²) >= 11 is 12.9. The van der Waals surface area contributed by atoms with Gasteiger partial charge in [0.25, 0.3) is 0 Å². The number of nitrogens with one attached hydrogen (secondary N) is 1. The van der Waals surface area contributed by atoms with Crippen LogP contribution in [0, 0.1) is 0 Å². The Morgan fingerprint density at radius 2 is 2.17 bits per heavy atom. The number of thiophene rings is 1. The standard InChI is InChI=1S/C16H13Cl2NO3S/c17-7-13(20)19-16-14(11-4-5-22-8-12(11)23-16)15(21)9-2-1-3-10(18)6-9/h1-3,6H,4-5,7-8H2,(H,19,20). The van der Waals surface area contributed by atoms with Gasteiger partial charge in [0.2, 0.25) is 5.91 Å². The summed E-state index contributed by atoms with van der Waals surface area (Å²) in [5, 5.41) is 3.74. The third-order valence-electron chi connectivity index (χ3n) is 3.51. The zero-order valence-electron chi connectivity index (χ0n) is 12.0. The number of ether oxygens (including phenoxy) is 1. The molecule has 1 aromatic heterocycles. The Hall–Kier alpha value is -1.40. The normalized spacial score (nSPS) is 13.5. The first kappa shape index (κ1) is 16.5. The van der Waals surface area contributed by atoms with E-state index in [2.05, 4.69) is 5.32 Å². The number of hydrogen-bond donors (Lipinski definition) is 1. The Morgan fingerprint density at radius 3 is 2.91 bits per heavy atom. The van der Waals surface area contributed by atoms with Gasteiger partial charge in [-0.2, -0.15) is 0 Å². The third-order valence-corrected chi connectivity index (χ3v) is 5.11. The highest BCUT2D eigenvalue weighted by atomic mass is 35.5. The van der Waals surface area contributed by atoms with E-state index in [0.717, 1.165) is 10.4 Å². The average Bonchev–Trinajstić information content (AvgIpc) is 2.91. The van der Waals surface area contributed by atoms with E-state index in [0.29, 0.717) is 40.8 Å². The van der Waals surface area contributed by atoms with Gasteiger partial charge in [-0.15, -0.1) is 22.9 Å². The molecule has 0 fully saturated rings. The van der Waals surface area contributed by atoms with Crippen LogP contribution in [0.3, 0.4) is 0 Å². The predicted molar refractivity (Wildman–Crippen MR) is 91.9 cm³/mol. The lowest BCUT2D eigenvalue weighted by Crippen LogP contribution is -2.16. The molecule has 4 nitrogen and oxygen atoms in total. The average molecular weight is 370 g/mol. The molecule has 23 heavy (non-hydrogen) atoms. The summed E-state index contributed by atoms with van der Waals surface area (Å²) in [5.41, 5.74) is 1.95. The van der Waals surface area contributed by atoms with Crippen LogP contribution in [0.5, 0.6) is 0 Å². The minimum atomic E-state index is -0.341. The van der Waals surface area contributed by atoms with E-state index in [9.17, 15) is 9.59 Å². The maximum absolute atomic E-state index is 12.9. The number of ketones is 1. The fourth-order valence-corrected chi connectivity index (χ4v) is 3.95. The van der Waals surface area contributed by atoms with Gasteiger partial charge in [-0.3, -0.25) is 9.59 Å². The van der Waals surface area contributed by atoms with Crippen LogP contribution in [0.4, 0.5) is 5.00 Å². The van der Waals surface area contributed by atoms with Crippen molar-refractivity contribution in [2.45, 2.75) is 13.0 Å². The van der Waals surface area contributed by atoms with Crippen molar-refractivity contribution in [3.8, 4) is 0 Å². The number of rotatable bonds is 4. The Labute approximate surface area is 147 Å². The fraction of sp³-hybridized carbons (Fsp3) is 0.250. The van der Waals surface area contributed by atoms with Gasteiger partial charge >= 0.3 is 0 Å². The first-order chi connectivity index (χ1) is 11.1. The molecule has 0 atom stereocenters. The van der Waals surface area contributed by atoms with Crippen LogP contribution in [-0.4, -0.2) is 24.2 Å². The molecule has 120 valence electrons. The molecule has 1 N–H and O–H groups in total. The molecule has 2 heterocycles. The highest BCUT2D eigenvalue weighted by Crippen LogP contribution is 2.38. The van der Waals surface area contributed by atoms with Gasteiger partial charge in [-0.05, 0) is 24.1 Å². The van der Waals surface area contributed by atoms with Gasteiger partial charge in [0.1, 0.15) is 10.9 Å². The van der Waals surface area contributed by atoms with Crippen molar-refractivity contribution < 1.29 is 14.3 Å². The van der Waals surface area contributed by atoms with Crippen LogP contribution in [0.15, 0.2) is 24.3 Å². The lowest BCUT2D eigenvalue weighted by Gasteiger charge is -2.13. The highest BCUT2D eigenvalue weighted by molar-refractivity contribution is 7.17. The molecular formula is C16H13Cl2NO3S. The van der Waals surface area contributed by atoms with Crippen molar-refractivity contribution in [3.63, 3.8) is 0 Å². The molecule has 0 saturated heterocycles. The van der Waals surface area contributed by atoms with Gasteiger partial charge in [-0.25, -0.2) is 0 Å². The topological polar surface area (TPSA) is 55.4 Å². The van der Waals surface area contributed by atoms with Crippen LogP contribution in [0.2, 0.25) is 5.02 Å². The molecule has 0 radical (unpaired) electrons. The summed E-state index contributed by atoms with van der Waals surface area (Å²) in [5.74, 6) is -0.660. The molecule has 3 rings (SSSR count). The number of alkyl halides is 1. The third kappa shape index (κ3) is 3.43. The number of hydrogen-bond acceptors (Lipinski definition) is 4. The molecule has 0 spiro atoms. The molecule has 0 aliphatic carbocycles. The maximum Gasteiger partial charge on any atom is 0.239 e. The minimum Gasteiger partial charge on any atom is -0.376 e. The summed E-state index contributed by atoms with van der Waals surface area (Å²) in [6.45, 7) is 1.01. The molecule has 1 aromatic carbocycles. The van der Waals surface area contributed by atoms with Crippen LogP contribution in [0.25, 0.3) is 0 Å². The lowest BCUT2D eigenvalue weighted by molar-refractivity contribution is -0.113. The summed E-state index contributed by atoms with van der Waals surface area (Å²) < 4.78 is 5.44. The summed E-state index contributed by atoms with van der Waals surface area (Å²) in [6.07, 6.45) is 0.643. The smallest absolute Gasteiger partial charge is 0.239 e. The van der Waals surface area contributed by atoms with Crippen molar-refractivity contribution in [1.82, 2.24) is 0 Å². The van der Waals surface area contributed by atoms with E-state index in [-0.39, 0.29) is 17.6 Å². The number of halogens is 2. The molecule has 0 unspecified atom stereocenters. The van der Waals surface area contributed by atoms with Crippen molar-refractivity contribution in [2.75, 3.05) is 17.8 Å². The van der Waals surface area contributed by atoms with Crippen LogP contribution in [0.1, 0.15) is 26.4 Å². The second-order valence-electron chi connectivity index (χ2n) is 5.03. The molecule has 1 amide bonds. The van der Waals surface area contributed by atoms with Crippen molar-refractivity contribution in [3.05, 3.63) is 50.9 Å². The molecule has 1 aliphatic rings. The van der Waals surface area contributed by atoms with Gasteiger partial charge in [0.15, 0.2) is 5.78 Å². The zero-order valence-corrected chi connectivity index (χ0v) is 14.4.